The number of benzene rings is 2. The maximum Gasteiger partial charge on any atom is 0.312 e. The van der Waals surface area contributed by atoms with Gasteiger partial charge < -0.3 is 43.7 Å². The molecule has 0 aliphatic heterocycles. The zero-order chi connectivity index (χ0) is 69.2. The first kappa shape index (κ1) is 80.9. The molecule has 0 bridgehead atoms. The number of aliphatic carboxylic acids is 3. The minimum absolute atomic E-state index is 0.0171. The van der Waals surface area contributed by atoms with Crippen molar-refractivity contribution in [3.63, 3.8) is 0 Å². The van der Waals surface area contributed by atoms with Crippen LogP contribution in [0.2, 0.25) is 0 Å². The fourth-order valence-corrected chi connectivity index (χ4v) is 11.7. The Labute approximate surface area is 536 Å². The molecule has 6 atom stereocenters. The highest BCUT2D eigenvalue weighted by Gasteiger charge is 2.52. The molecule has 2 aromatic rings. The van der Waals surface area contributed by atoms with Crippen LogP contribution in [0.1, 0.15) is 212 Å². The van der Waals surface area contributed by atoms with Crippen molar-refractivity contribution >= 4 is 53.7 Å². The first-order chi connectivity index (χ1) is 41.6. The molecule has 1 fully saturated rings. The first-order valence-corrected chi connectivity index (χ1v) is 31.3. The molecule has 90 heavy (non-hydrogen) atoms. The van der Waals surface area contributed by atoms with E-state index in [1.807, 2.05) is 60.7 Å². The highest BCUT2D eigenvalue weighted by molar-refractivity contribution is 5.84. The van der Waals surface area contributed by atoms with Crippen LogP contribution >= 0.6 is 0 Å². The summed E-state index contributed by atoms with van der Waals surface area (Å²) < 4.78 is 32.7. The number of carboxylic acid groups (broad SMARTS) is 3. The Kier molecular flexibility index (Phi) is 31.9. The minimum atomic E-state index is -1.20. The normalized spacial score (nSPS) is 16.7. The maximum absolute atomic E-state index is 13.1. The summed E-state index contributed by atoms with van der Waals surface area (Å²) in [6, 6.07) is 18.6. The summed E-state index contributed by atoms with van der Waals surface area (Å²) in [6.07, 6.45) is 9.36. The predicted molar refractivity (Wildman–Crippen MR) is 345 cm³/mol. The molecular formula is C72H108O18. The van der Waals surface area contributed by atoms with Crippen LogP contribution < -0.4 is 0 Å². The molecule has 1 saturated carbocycles. The van der Waals surface area contributed by atoms with E-state index in [0.29, 0.717) is 24.8 Å². The molecule has 18 nitrogen and oxygen atoms in total. The first-order valence-electron chi connectivity index (χ1n) is 31.3. The largest absolute Gasteiger partial charge is 0.481 e. The lowest BCUT2D eigenvalue weighted by atomic mass is 9.65. The summed E-state index contributed by atoms with van der Waals surface area (Å²) in [5.74, 6) is -5.81. The number of rotatable bonds is 35. The molecule has 2 aromatic carbocycles. The van der Waals surface area contributed by atoms with Crippen LogP contribution in [0.4, 0.5) is 0 Å². The van der Waals surface area contributed by atoms with Gasteiger partial charge in [-0.1, -0.05) is 120 Å². The van der Waals surface area contributed by atoms with E-state index in [9.17, 15) is 58.5 Å². The second-order valence-corrected chi connectivity index (χ2v) is 28.1. The highest BCUT2D eigenvalue weighted by atomic mass is 16.6. The Morgan fingerprint density at radius 3 is 1.01 bits per heavy atom. The quantitative estimate of drug-likeness (QED) is 0.0329. The van der Waals surface area contributed by atoms with Gasteiger partial charge >= 0.3 is 53.7 Å². The third-order valence-electron chi connectivity index (χ3n) is 17.2. The van der Waals surface area contributed by atoms with Gasteiger partial charge in [-0.2, -0.15) is 0 Å². The summed E-state index contributed by atoms with van der Waals surface area (Å²) in [5.41, 5.74) is -7.53. The molecule has 6 unspecified atom stereocenters. The van der Waals surface area contributed by atoms with E-state index in [0.717, 1.165) is 43.2 Å². The average Bonchev–Trinajstić information content (AvgIpc) is 0.815. The number of hydrogen-bond donors (Lipinski definition) is 3. The van der Waals surface area contributed by atoms with Crippen LogP contribution in [0.15, 0.2) is 98.1 Å². The second kappa shape index (κ2) is 35.5. The molecule has 0 saturated heterocycles. The van der Waals surface area contributed by atoms with Crippen LogP contribution in [0.3, 0.4) is 0 Å². The lowest BCUT2D eigenvalue weighted by molar-refractivity contribution is -0.170. The molecule has 0 spiro atoms. The van der Waals surface area contributed by atoms with Crippen molar-refractivity contribution in [1.29, 1.82) is 0 Å². The summed E-state index contributed by atoms with van der Waals surface area (Å²) in [4.78, 5) is 113. The van der Waals surface area contributed by atoms with Crippen LogP contribution in [-0.2, 0) is 84.8 Å². The monoisotopic (exact) mass is 1260 g/mol. The van der Waals surface area contributed by atoms with E-state index in [-0.39, 0.29) is 83.6 Å². The lowest BCUT2D eigenvalue weighted by Crippen LogP contribution is -2.44. The molecule has 0 aromatic heterocycles. The lowest BCUT2D eigenvalue weighted by Gasteiger charge is -2.39. The van der Waals surface area contributed by atoms with E-state index in [1.165, 1.54) is 12.2 Å². The fraction of sp³-hybridized carbons (Fsp3) is 0.625. The van der Waals surface area contributed by atoms with Gasteiger partial charge in [0.2, 0.25) is 0 Å². The standard InChI is InChI=1S/C25H36O6.C24H34O6.C23H38O6/c1-8-24(6,20(26)27)17-25(7,22(29)30-14-18(2)3)16-23(4,5)21(28)31-15-19-12-10-9-11-13-19;1-7-14-29-21(28)24(6,17-23(5,8-2)19(25)26)16-22(3,4)20(27)30-15-18-12-10-9-11-13-18;1-7-14-28-20(27)23(6,16-22(5,8-2)18(24)25)15-21(3,4)19(26)29-17-12-10-9-11-13-17/h9-13H,2,8,14-17H2,1,3-7H3,(H,26,27);7,9-13H,1,8,14-17H2,2-6H3,(H,25,26);7,17H,1,8-16H2,2-6H3,(H,24,25). The molecule has 3 N–H and O–H groups in total. The van der Waals surface area contributed by atoms with Crippen molar-refractivity contribution in [2.24, 2.45) is 48.7 Å². The Morgan fingerprint density at radius 2 is 0.733 bits per heavy atom. The molecule has 0 radical (unpaired) electrons. The number of carbonyl (C=O) groups excluding carboxylic acids is 6. The van der Waals surface area contributed by atoms with Gasteiger partial charge in [-0.25, -0.2) is 0 Å². The van der Waals surface area contributed by atoms with E-state index in [1.54, 1.807) is 111 Å². The van der Waals surface area contributed by atoms with Crippen molar-refractivity contribution in [1.82, 2.24) is 0 Å². The molecule has 504 valence electrons. The fourth-order valence-electron chi connectivity index (χ4n) is 11.7. The van der Waals surface area contributed by atoms with Gasteiger partial charge in [-0.05, 0) is 190 Å². The van der Waals surface area contributed by atoms with Crippen molar-refractivity contribution in [3.05, 3.63) is 109 Å². The Bertz CT molecular complexity index is 2740. The summed E-state index contributed by atoms with van der Waals surface area (Å²) >= 11 is 0. The van der Waals surface area contributed by atoms with Gasteiger partial charge in [0.25, 0.3) is 0 Å². The third kappa shape index (κ3) is 25.3. The van der Waals surface area contributed by atoms with Crippen LogP contribution in [-0.4, -0.2) is 95.0 Å². The van der Waals surface area contributed by atoms with Crippen LogP contribution in [0.25, 0.3) is 0 Å². The molecule has 0 heterocycles. The molecule has 1 aliphatic rings. The Morgan fingerprint density at radius 1 is 0.433 bits per heavy atom. The maximum atomic E-state index is 13.1. The summed E-state index contributed by atoms with van der Waals surface area (Å²) in [7, 11) is 0. The van der Waals surface area contributed by atoms with Crippen molar-refractivity contribution < 1.29 is 86.9 Å². The molecule has 3 rings (SSSR count). The van der Waals surface area contributed by atoms with Gasteiger partial charge in [-0.15, -0.1) is 0 Å². The van der Waals surface area contributed by atoms with E-state index < -0.39 is 96.5 Å². The molecule has 1 aliphatic carbocycles. The van der Waals surface area contributed by atoms with Gasteiger partial charge in [0, 0.05) is 0 Å². The smallest absolute Gasteiger partial charge is 0.312 e. The van der Waals surface area contributed by atoms with Crippen molar-refractivity contribution in [3.8, 4) is 0 Å². The second-order valence-electron chi connectivity index (χ2n) is 28.1. The molecule has 18 heteroatoms. The third-order valence-corrected chi connectivity index (χ3v) is 17.2. The predicted octanol–water partition coefficient (Wildman–Crippen LogP) is 14.8. The van der Waals surface area contributed by atoms with Crippen LogP contribution in [0.5, 0.6) is 0 Å². The number of hydrogen-bond acceptors (Lipinski definition) is 15. The van der Waals surface area contributed by atoms with E-state index >= 15 is 0 Å². The number of carboxylic acids is 3. The Hall–Kier alpha value is -7.11. The van der Waals surface area contributed by atoms with Gasteiger partial charge in [0.05, 0.1) is 48.7 Å². The van der Waals surface area contributed by atoms with Gasteiger partial charge in [0.1, 0.15) is 39.1 Å². The summed E-state index contributed by atoms with van der Waals surface area (Å²) in [5, 5.41) is 29.2. The number of ether oxygens (including phenoxy) is 6. The Balaban J connectivity index is 0.000000675. The minimum Gasteiger partial charge on any atom is -0.481 e. The van der Waals surface area contributed by atoms with Crippen molar-refractivity contribution in [2.45, 2.75) is 220 Å². The topological polar surface area (TPSA) is 270 Å². The number of esters is 6. The highest BCUT2D eigenvalue weighted by Crippen LogP contribution is 2.49. The summed E-state index contributed by atoms with van der Waals surface area (Å²) in [6.45, 7) is 38.4. The molecular weight excluding hydrogens is 1150 g/mol. The van der Waals surface area contributed by atoms with E-state index in [4.69, 9.17) is 28.4 Å². The SMILES string of the molecule is C=C(C)COC(=O)C(C)(CC(C)(C)C(=O)OCc1ccccc1)CC(C)(CC)C(=O)O.C=CCOC(=O)C(C)(CC(C)(C)C(=O)OC1CCCCC1)CC(C)(CC)C(=O)O.C=CCOC(=O)C(C)(CC(C)(C)C(=O)OCc1ccccc1)CC(C)(CC)C(=O)O. The van der Waals surface area contributed by atoms with Gasteiger partial charge in [0.15, 0.2) is 0 Å². The zero-order valence-corrected chi connectivity index (χ0v) is 57.0. The van der Waals surface area contributed by atoms with Crippen molar-refractivity contribution in [2.75, 3.05) is 19.8 Å². The van der Waals surface area contributed by atoms with Crippen LogP contribution in [0, 0.1) is 48.7 Å². The number of carbonyl (C=O) groups is 9. The molecule has 0 amide bonds. The average molecular weight is 1260 g/mol. The van der Waals surface area contributed by atoms with E-state index in [2.05, 4.69) is 19.7 Å². The van der Waals surface area contributed by atoms with Gasteiger partial charge in [-0.3, -0.25) is 43.2 Å². The zero-order valence-electron chi connectivity index (χ0n) is 57.0.